The van der Waals surface area contributed by atoms with Gasteiger partial charge in [0, 0.05) is 24.2 Å². The van der Waals surface area contributed by atoms with Gasteiger partial charge in [-0.1, -0.05) is 11.8 Å². The molecule has 1 rings (SSSR count). The van der Waals surface area contributed by atoms with Crippen LogP contribution in [0.3, 0.4) is 0 Å². The van der Waals surface area contributed by atoms with Crippen LogP contribution in [-0.4, -0.2) is 53.9 Å². The number of carbonyl (C=O) groups excluding carboxylic acids is 1. The Balaban J connectivity index is 2.80. The van der Waals surface area contributed by atoms with Crippen LogP contribution in [0.4, 0.5) is 0 Å². The Kier molecular flexibility index (Phi) is 6.61. The highest BCUT2D eigenvalue weighted by molar-refractivity contribution is 5.94. The Bertz CT molecular complexity index is 454. The van der Waals surface area contributed by atoms with Crippen LogP contribution in [0.1, 0.15) is 15.9 Å². The molecular weight excluding hydrogens is 244 g/mol. The molecule has 0 radical (unpaired) electrons. The minimum atomic E-state index is -0.221. The maximum absolute atomic E-state index is 12.1. The van der Waals surface area contributed by atoms with E-state index in [0.717, 1.165) is 5.56 Å². The summed E-state index contributed by atoms with van der Waals surface area (Å²) in [5.41, 5.74) is 6.57. The molecule has 1 aromatic carbocycles. The van der Waals surface area contributed by atoms with E-state index in [2.05, 4.69) is 11.8 Å². The average molecular weight is 262 g/mol. The quantitative estimate of drug-likeness (QED) is 0.620. The smallest absolute Gasteiger partial charge is 0.254 e. The number of nitrogens with two attached hydrogens (primary N) is 1. The lowest BCUT2D eigenvalue weighted by Gasteiger charge is -2.20. The van der Waals surface area contributed by atoms with Gasteiger partial charge in [0.05, 0.1) is 19.8 Å². The minimum absolute atomic E-state index is 0.133. The van der Waals surface area contributed by atoms with Gasteiger partial charge in [0.1, 0.15) is 0 Å². The average Bonchev–Trinajstić information content (AvgIpc) is 2.44. The first-order valence-corrected chi connectivity index (χ1v) is 6.03. The molecule has 19 heavy (non-hydrogen) atoms. The summed E-state index contributed by atoms with van der Waals surface area (Å²) in [7, 11) is 0. The highest BCUT2D eigenvalue weighted by Crippen LogP contribution is 2.07. The molecule has 0 heterocycles. The third-order valence-corrected chi connectivity index (χ3v) is 2.49. The van der Waals surface area contributed by atoms with E-state index in [9.17, 15) is 4.79 Å². The van der Waals surface area contributed by atoms with Crippen LogP contribution in [0.25, 0.3) is 0 Å². The Morgan fingerprint density at radius 1 is 1.16 bits per heavy atom. The second kappa shape index (κ2) is 8.27. The van der Waals surface area contributed by atoms with E-state index in [1.807, 2.05) is 0 Å². The number of nitrogens with zero attached hydrogens (tertiary/aromatic N) is 1. The maximum atomic E-state index is 12.1. The molecule has 0 atom stereocenters. The van der Waals surface area contributed by atoms with E-state index in [-0.39, 0.29) is 32.2 Å². The molecule has 1 aromatic rings. The lowest BCUT2D eigenvalue weighted by molar-refractivity contribution is 0.0685. The van der Waals surface area contributed by atoms with Gasteiger partial charge < -0.3 is 20.8 Å². The number of aliphatic hydroxyl groups is 2. The van der Waals surface area contributed by atoms with E-state index in [4.69, 9.17) is 15.9 Å². The molecule has 0 aromatic heterocycles. The van der Waals surface area contributed by atoms with Gasteiger partial charge in [0.15, 0.2) is 0 Å². The summed E-state index contributed by atoms with van der Waals surface area (Å²) in [6, 6.07) is 6.83. The topological polar surface area (TPSA) is 86.8 Å². The molecule has 0 aliphatic carbocycles. The van der Waals surface area contributed by atoms with Gasteiger partial charge in [-0.15, -0.1) is 0 Å². The summed E-state index contributed by atoms with van der Waals surface area (Å²) >= 11 is 0. The molecule has 0 saturated carbocycles. The van der Waals surface area contributed by atoms with E-state index in [1.54, 1.807) is 24.3 Å². The van der Waals surface area contributed by atoms with Crippen LogP contribution < -0.4 is 5.73 Å². The first-order valence-electron chi connectivity index (χ1n) is 6.03. The third-order valence-electron chi connectivity index (χ3n) is 2.49. The van der Waals surface area contributed by atoms with Crippen molar-refractivity contribution >= 4 is 5.91 Å². The monoisotopic (exact) mass is 262 g/mol. The normalized spacial score (nSPS) is 9.63. The first-order chi connectivity index (χ1) is 9.22. The molecule has 0 bridgehead atoms. The van der Waals surface area contributed by atoms with Crippen molar-refractivity contribution in [3.05, 3.63) is 35.4 Å². The minimum Gasteiger partial charge on any atom is -0.395 e. The number of rotatable bonds is 5. The first kappa shape index (κ1) is 15.2. The fourth-order valence-electron chi connectivity index (χ4n) is 1.59. The number of carbonyl (C=O) groups is 1. The predicted octanol–water partition coefficient (Wildman–Crippen LogP) is -0.576. The number of hydrogen-bond donors (Lipinski definition) is 3. The van der Waals surface area contributed by atoms with Crippen molar-refractivity contribution in [2.75, 3.05) is 32.8 Å². The Labute approximate surface area is 112 Å². The summed E-state index contributed by atoms with van der Waals surface area (Å²) in [4.78, 5) is 13.5. The van der Waals surface area contributed by atoms with Crippen LogP contribution in [0, 0.1) is 11.8 Å². The summed E-state index contributed by atoms with van der Waals surface area (Å²) in [6.45, 7) is 0.432. The largest absolute Gasteiger partial charge is 0.395 e. The van der Waals surface area contributed by atoms with Gasteiger partial charge in [0.2, 0.25) is 0 Å². The van der Waals surface area contributed by atoms with E-state index in [0.29, 0.717) is 12.1 Å². The SMILES string of the molecule is NCC#Cc1ccc(C(=O)N(CCO)CCO)cc1. The molecule has 5 heteroatoms. The highest BCUT2D eigenvalue weighted by Gasteiger charge is 2.14. The molecule has 0 aliphatic heterocycles. The number of hydrogen-bond acceptors (Lipinski definition) is 4. The molecule has 0 fully saturated rings. The van der Waals surface area contributed by atoms with Gasteiger partial charge in [-0.2, -0.15) is 0 Å². The van der Waals surface area contributed by atoms with Gasteiger partial charge in [-0.3, -0.25) is 4.79 Å². The molecule has 0 aliphatic rings. The van der Waals surface area contributed by atoms with Crippen molar-refractivity contribution in [2.45, 2.75) is 0 Å². The van der Waals surface area contributed by atoms with Crippen LogP contribution in [0.5, 0.6) is 0 Å². The maximum Gasteiger partial charge on any atom is 0.254 e. The molecule has 0 unspecified atom stereocenters. The number of aliphatic hydroxyl groups excluding tert-OH is 2. The van der Waals surface area contributed by atoms with Crippen molar-refractivity contribution in [1.82, 2.24) is 4.90 Å². The highest BCUT2D eigenvalue weighted by atomic mass is 16.3. The fraction of sp³-hybridized carbons (Fsp3) is 0.357. The summed E-state index contributed by atoms with van der Waals surface area (Å²) in [5.74, 6) is 5.38. The Morgan fingerprint density at radius 2 is 1.74 bits per heavy atom. The number of amides is 1. The lowest BCUT2D eigenvalue weighted by Crippen LogP contribution is -2.35. The second-order valence-corrected chi connectivity index (χ2v) is 3.82. The zero-order chi connectivity index (χ0) is 14.1. The zero-order valence-electron chi connectivity index (χ0n) is 10.7. The van der Waals surface area contributed by atoms with Gasteiger partial charge >= 0.3 is 0 Å². The van der Waals surface area contributed by atoms with E-state index in [1.165, 1.54) is 4.90 Å². The van der Waals surface area contributed by atoms with Crippen LogP contribution in [0.15, 0.2) is 24.3 Å². The number of benzene rings is 1. The molecule has 102 valence electrons. The summed E-state index contributed by atoms with van der Waals surface area (Å²) < 4.78 is 0. The van der Waals surface area contributed by atoms with Gasteiger partial charge in [-0.05, 0) is 24.3 Å². The van der Waals surface area contributed by atoms with Crippen molar-refractivity contribution in [1.29, 1.82) is 0 Å². The Hall–Kier alpha value is -1.87. The van der Waals surface area contributed by atoms with Crippen molar-refractivity contribution in [2.24, 2.45) is 5.73 Å². The van der Waals surface area contributed by atoms with Gasteiger partial charge in [-0.25, -0.2) is 0 Å². The predicted molar refractivity (Wildman–Crippen MR) is 72.4 cm³/mol. The Morgan fingerprint density at radius 3 is 2.21 bits per heavy atom. The van der Waals surface area contributed by atoms with Crippen LogP contribution >= 0.6 is 0 Å². The summed E-state index contributed by atoms with van der Waals surface area (Å²) in [6.07, 6.45) is 0. The van der Waals surface area contributed by atoms with Crippen LogP contribution in [-0.2, 0) is 0 Å². The van der Waals surface area contributed by atoms with Crippen molar-refractivity contribution < 1.29 is 15.0 Å². The van der Waals surface area contributed by atoms with Crippen molar-refractivity contribution in [3.8, 4) is 11.8 Å². The molecule has 0 spiro atoms. The molecule has 5 nitrogen and oxygen atoms in total. The van der Waals surface area contributed by atoms with Gasteiger partial charge in [0.25, 0.3) is 5.91 Å². The molecule has 0 saturated heterocycles. The molecule has 4 N–H and O–H groups in total. The van der Waals surface area contributed by atoms with Crippen LogP contribution in [0.2, 0.25) is 0 Å². The van der Waals surface area contributed by atoms with E-state index >= 15 is 0 Å². The molecule has 1 amide bonds. The standard InChI is InChI=1S/C14H18N2O3/c15-7-1-2-12-3-5-13(6-4-12)14(19)16(8-10-17)9-11-18/h3-6,17-18H,7-11,15H2. The third kappa shape index (κ3) is 4.72. The zero-order valence-corrected chi connectivity index (χ0v) is 10.7. The van der Waals surface area contributed by atoms with E-state index < -0.39 is 0 Å². The fourth-order valence-corrected chi connectivity index (χ4v) is 1.59. The molecular formula is C14H18N2O3. The lowest BCUT2D eigenvalue weighted by atomic mass is 10.1. The second-order valence-electron chi connectivity index (χ2n) is 3.82. The van der Waals surface area contributed by atoms with Crippen molar-refractivity contribution in [3.63, 3.8) is 0 Å². The summed E-state index contributed by atoms with van der Waals surface area (Å²) in [5, 5.41) is 17.8.